The maximum Gasteiger partial charge on any atom is 0.277 e. The number of hydrogen-bond donors (Lipinski definition) is 3. The molecule has 1 atom stereocenters. The van der Waals surface area contributed by atoms with Gasteiger partial charge in [0.2, 0.25) is 0 Å². The van der Waals surface area contributed by atoms with Crippen molar-refractivity contribution in [3.8, 4) is 0 Å². The number of nitrogens with one attached hydrogen (secondary N) is 2. The molecule has 3 N–H and O–H groups in total. The summed E-state index contributed by atoms with van der Waals surface area (Å²) < 4.78 is 27.6. The molecule has 0 fully saturated rings. The summed E-state index contributed by atoms with van der Waals surface area (Å²) in [4.78, 5) is 0. The second kappa shape index (κ2) is 5.79. The normalized spacial score (nSPS) is 15.3. The fourth-order valence-electron chi connectivity index (χ4n) is 1.08. The Bertz CT molecular complexity index is 270. The van der Waals surface area contributed by atoms with Crippen molar-refractivity contribution in [3.63, 3.8) is 0 Å². The molecule has 5 nitrogen and oxygen atoms in total. The van der Waals surface area contributed by atoms with Crippen molar-refractivity contribution in [2.75, 3.05) is 6.54 Å². The first-order valence-corrected chi connectivity index (χ1v) is 6.61. The predicted molar refractivity (Wildman–Crippen MR) is 60.7 cm³/mol. The van der Waals surface area contributed by atoms with Crippen molar-refractivity contribution < 1.29 is 13.5 Å². The van der Waals surface area contributed by atoms with Gasteiger partial charge in [0.05, 0.1) is 6.10 Å². The molecule has 0 aliphatic rings. The van der Waals surface area contributed by atoms with Gasteiger partial charge < -0.3 is 5.11 Å². The summed E-state index contributed by atoms with van der Waals surface area (Å²) in [6.07, 6.45) is 0.805. The average Bonchev–Trinajstić information content (AvgIpc) is 1.97. The first kappa shape index (κ1) is 14.8. The highest BCUT2D eigenvalue weighted by atomic mass is 32.2. The Balaban J connectivity index is 4.06. The van der Waals surface area contributed by atoms with E-state index in [0.717, 1.165) is 6.42 Å². The van der Waals surface area contributed by atoms with Crippen LogP contribution in [0.4, 0.5) is 0 Å². The Labute approximate surface area is 92.4 Å². The van der Waals surface area contributed by atoms with E-state index < -0.39 is 21.9 Å². The van der Waals surface area contributed by atoms with Crippen molar-refractivity contribution in [1.82, 2.24) is 9.44 Å². The number of aliphatic hydroxyl groups excluding tert-OH is 1. The van der Waals surface area contributed by atoms with Crippen LogP contribution in [0.15, 0.2) is 0 Å². The molecule has 0 aromatic carbocycles. The smallest absolute Gasteiger partial charge is 0.277 e. The zero-order valence-electron chi connectivity index (χ0n) is 9.87. The van der Waals surface area contributed by atoms with Crippen LogP contribution >= 0.6 is 0 Å². The van der Waals surface area contributed by atoms with Crippen molar-refractivity contribution in [1.29, 1.82) is 0 Å². The van der Waals surface area contributed by atoms with Gasteiger partial charge in [-0.1, -0.05) is 13.3 Å². The molecule has 6 heteroatoms. The fraction of sp³-hybridized carbons (Fsp3) is 1.00. The van der Waals surface area contributed by atoms with Crippen molar-refractivity contribution in [2.45, 2.75) is 52.2 Å². The average molecular weight is 238 g/mol. The first-order chi connectivity index (χ1) is 6.66. The zero-order valence-corrected chi connectivity index (χ0v) is 10.7. The van der Waals surface area contributed by atoms with Gasteiger partial charge in [-0.2, -0.15) is 17.9 Å². The van der Waals surface area contributed by atoms with Gasteiger partial charge in [-0.25, -0.2) is 0 Å². The Hall–Kier alpha value is -0.170. The lowest BCUT2D eigenvalue weighted by molar-refractivity contribution is 0.167. The van der Waals surface area contributed by atoms with E-state index in [1.165, 1.54) is 0 Å². The van der Waals surface area contributed by atoms with Crippen LogP contribution < -0.4 is 9.44 Å². The fourth-order valence-corrected chi connectivity index (χ4v) is 2.37. The lowest BCUT2D eigenvalue weighted by atomic mass is 10.1. The van der Waals surface area contributed by atoms with Crippen LogP contribution in [0.1, 0.15) is 40.5 Å². The maximum atomic E-state index is 11.4. The van der Waals surface area contributed by atoms with E-state index >= 15 is 0 Å². The summed E-state index contributed by atoms with van der Waals surface area (Å²) >= 11 is 0. The van der Waals surface area contributed by atoms with Crippen molar-refractivity contribution in [3.05, 3.63) is 0 Å². The second-order valence-corrected chi connectivity index (χ2v) is 6.15. The SMILES string of the molecule is CCCC(O)CNS(=O)(=O)NC(C)(C)C. The molecule has 0 radical (unpaired) electrons. The summed E-state index contributed by atoms with van der Waals surface area (Å²) in [5.74, 6) is 0. The third-order valence-electron chi connectivity index (χ3n) is 1.57. The highest BCUT2D eigenvalue weighted by Gasteiger charge is 2.19. The summed E-state index contributed by atoms with van der Waals surface area (Å²) in [6, 6.07) is 0. The number of aliphatic hydroxyl groups is 1. The standard InChI is InChI=1S/C9H22N2O3S/c1-5-6-8(12)7-10-15(13,14)11-9(2,3)4/h8,10-12H,5-7H2,1-4H3. The van der Waals surface area contributed by atoms with Crippen LogP contribution in [-0.2, 0) is 10.2 Å². The Morgan fingerprint density at radius 2 is 1.87 bits per heavy atom. The molecule has 0 rings (SSSR count). The van der Waals surface area contributed by atoms with Crippen LogP contribution in [0.5, 0.6) is 0 Å². The summed E-state index contributed by atoms with van der Waals surface area (Å²) in [7, 11) is -3.51. The Kier molecular flexibility index (Phi) is 5.72. The minimum absolute atomic E-state index is 0.0548. The molecule has 0 aromatic rings. The van der Waals surface area contributed by atoms with Crippen LogP contribution in [0.25, 0.3) is 0 Å². The quantitative estimate of drug-likeness (QED) is 0.625. The summed E-state index contributed by atoms with van der Waals surface area (Å²) in [6.45, 7) is 7.27. The van der Waals surface area contributed by atoms with Crippen LogP contribution in [0.2, 0.25) is 0 Å². The van der Waals surface area contributed by atoms with Crippen LogP contribution in [-0.4, -0.2) is 31.7 Å². The molecule has 92 valence electrons. The highest BCUT2D eigenvalue weighted by molar-refractivity contribution is 7.87. The van der Waals surface area contributed by atoms with E-state index in [2.05, 4.69) is 9.44 Å². The molecule has 15 heavy (non-hydrogen) atoms. The molecule has 0 bridgehead atoms. The van der Waals surface area contributed by atoms with Gasteiger partial charge in [-0.15, -0.1) is 0 Å². The third kappa shape index (κ3) is 8.80. The molecule has 0 saturated heterocycles. The van der Waals surface area contributed by atoms with E-state index in [4.69, 9.17) is 0 Å². The summed E-state index contributed by atoms with van der Waals surface area (Å²) in [5.41, 5.74) is -0.512. The minimum atomic E-state index is -3.51. The van der Waals surface area contributed by atoms with Crippen molar-refractivity contribution >= 4 is 10.2 Å². The maximum absolute atomic E-state index is 11.4. The molecule has 0 aliphatic carbocycles. The van der Waals surface area contributed by atoms with E-state index in [1.807, 2.05) is 6.92 Å². The second-order valence-electron chi connectivity index (χ2n) is 4.65. The third-order valence-corrected chi connectivity index (χ3v) is 3.00. The molecular weight excluding hydrogens is 216 g/mol. The van der Waals surface area contributed by atoms with Gasteiger partial charge in [0.15, 0.2) is 0 Å². The zero-order chi connectivity index (χ0) is 12.1. The molecule has 1 unspecified atom stereocenters. The van der Waals surface area contributed by atoms with E-state index in [1.54, 1.807) is 20.8 Å². The van der Waals surface area contributed by atoms with Crippen LogP contribution in [0, 0.1) is 0 Å². The van der Waals surface area contributed by atoms with Gasteiger partial charge in [0, 0.05) is 12.1 Å². The van der Waals surface area contributed by atoms with Crippen LogP contribution in [0.3, 0.4) is 0 Å². The Morgan fingerprint density at radius 1 is 1.33 bits per heavy atom. The monoisotopic (exact) mass is 238 g/mol. The first-order valence-electron chi connectivity index (χ1n) is 5.13. The van der Waals surface area contributed by atoms with Gasteiger partial charge in [-0.3, -0.25) is 0 Å². The van der Waals surface area contributed by atoms with E-state index in [-0.39, 0.29) is 6.54 Å². The van der Waals surface area contributed by atoms with Gasteiger partial charge in [0.25, 0.3) is 10.2 Å². The molecule has 0 heterocycles. The number of hydrogen-bond acceptors (Lipinski definition) is 3. The van der Waals surface area contributed by atoms with E-state index in [0.29, 0.717) is 6.42 Å². The number of rotatable bonds is 6. The predicted octanol–water partition coefficient (Wildman–Crippen LogP) is 0.370. The van der Waals surface area contributed by atoms with Crippen molar-refractivity contribution in [2.24, 2.45) is 0 Å². The minimum Gasteiger partial charge on any atom is -0.392 e. The van der Waals surface area contributed by atoms with Gasteiger partial charge >= 0.3 is 0 Å². The lowest BCUT2D eigenvalue weighted by Crippen LogP contribution is -2.48. The van der Waals surface area contributed by atoms with Gasteiger partial charge in [0.1, 0.15) is 0 Å². The molecule has 0 aliphatic heterocycles. The molecule has 0 saturated carbocycles. The molecule has 0 spiro atoms. The lowest BCUT2D eigenvalue weighted by Gasteiger charge is -2.21. The van der Waals surface area contributed by atoms with E-state index in [9.17, 15) is 13.5 Å². The summed E-state index contributed by atoms with van der Waals surface area (Å²) in [5, 5.41) is 9.36. The largest absolute Gasteiger partial charge is 0.392 e. The highest BCUT2D eigenvalue weighted by Crippen LogP contribution is 2.01. The Morgan fingerprint density at radius 3 is 2.27 bits per heavy atom. The molecule has 0 aromatic heterocycles. The topological polar surface area (TPSA) is 78.4 Å². The van der Waals surface area contributed by atoms with Gasteiger partial charge in [-0.05, 0) is 27.2 Å². The molecule has 0 amide bonds. The molecular formula is C9H22N2O3S.